The smallest absolute Gasteiger partial charge is 0.307 e. The number of piperidine rings is 1. The molecule has 8 heteroatoms. The number of nitrogens with one attached hydrogen (secondary N) is 1. The zero-order valence-electron chi connectivity index (χ0n) is 12.0. The van der Waals surface area contributed by atoms with Crippen molar-refractivity contribution in [1.29, 1.82) is 0 Å². The highest BCUT2D eigenvalue weighted by atomic mass is 32.2. The van der Waals surface area contributed by atoms with E-state index in [1.165, 1.54) is 11.4 Å². The maximum absolute atomic E-state index is 12.3. The summed E-state index contributed by atoms with van der Waals surface area (Å²) in [4.78, 5) is 11.0. The Kier molecular flexibility index (Phi) is 6.87. The van der Waals surface area contributed by atoms with E-state index in [0.29, 0.717) is 32.4 Å². The first-order valence-electron chi connectivity index (χ1n) is 6.89. The zero-order valence-corrected chi connectivity index (χ0v) is 12.9. The molecule has 0 bridgehead atoms. The van der Waals surface area contributed by atoms with Crippen LogP contribution in [0.1, 0.15) is 32.6 Å². The SMILES string of the molecule is CCCC(COC)NS(=O)(=O)N1CCCC(C(=O)O)C1. The Balaban J connectivity index is 2.68. The van der Waals surface area contributed by atoms with Gasteiger partial charge in [-0.15, -0.1) is 0 Å². The molecule has 1 fully saturated rings. The number of methoxy groups -OCH3 is 1. The second-order valence-electron chi connectivity index (χ2n) is 5.10. The third-order valence-electron chi connectivity index (χ3n) is 3.39. The van der Waals surface area contributed by atoms with Crippen LogP contribution < -0.4 is 4.72 Å². The third-order valence-corrected chi connectivity index (χ3v) is 5.04. The maximum atomic E-state index is 12.3. The van der Waals surface area contributed by atoms with Gasteiger partial charge in [-0.3, -0.25) is 4.79 Å². The summed E-state index contributed by atoms with van der Waals surface area (Å²) in [5.74, 6) is -1.56. The van der Waals surface area contributed by atoms with Crippen LogP contribution in [0.4, 0.5) is 0 Å². The maximum Gasteiger partial charge on any atom is 0.307 e. The molecule has 0 aromatic carbocycles. The average Bonchev–Trinajstić information content (AvgIpc) is 2.39. The number of rotatable bonds is 8. The van der Waals surface area contributed by atoms with Crippen molar-refractivity contribution in [3.8, 4) is 0 Å². The Morgan fingerprint density at radius 2 is 2.25 bits per heavy atom. The summed E-state index contributed by atoms with van der Waals surface area (Å²) in [5.41, 5.74) is 0. The van der Waals surface area contributed by atoms with Gasteiger partial charge < -0.3 is 9.84 Å². The fourth-order valence-corrected chi connectivity index (χ4v) is 3.88. The minimum atomic E-state index is -3.65. The Labute approximate surface area is 120 Å². The van der Waals surface area contributed by atoms with E-state index in [-0.39, 0.29) is 12.6 Å². The first kappa shape index (κ1) is 17.4. The average molecular weight is 308 g/mol. The highest BCUT2D eigenvalue weighted by molar-refractivity contribution is 7.87. The molecule has 0 aliphatic carbocycles. The van der Waals surface area contributed by atoms with E-state index in [4.69, 9.17) is 9.84 Å². The predicted octanol–water partition coefficient (Wildman–Crippen LogP) is 0.433. The number of carbonyl (C=O) groups is 1. The van der Waals surface area contributed by atoms with Crippen molar-refractivity contribution in [2.45, 2.75) is 38.6 Å². The van der Waals surface area contributed by atoms with Crippen molar-refractivity contribution in [1.82, 2.24) is 9.03 Å². The van der Waals surface area contributed by atoms with Gasteiger partial charge >= 0.3 is 5.97 Å². The van der Waals surface area contributed by atoms with E-state index in [2.05, 4.69) is 4.72 Å². The van der Waals surface area contributed by atoms with Crippen molar-refractivity contribution in [2.75, 3.05) is 26.8 Å². The summed E-state index contributed by atoms with van der Waals surface area (Å²) >= 11 is 0. The molecule has 0 radical (unpaired) electrons. The molecule has 0 amide bonds. The molecule has 1 rings (SSSR count). The van der Waals surface area contributed by atoms with Gasteiger partial charge in [-0.2, -0.15) is 17.4 Å². The number of nitrogens with zero attached hydrogens (tertiary/aromatic N) is 1. The van der Waals surface area contributed by atoms with Crippen LogP contribution in [0.15, 0.2) is 0 Å². The lowest BCUT2D eigenvalue weighted by molar-refractivity contribution is -0.142. The summed E-state index contributed by atoms with van der Waals surface area (Å²) in [7, 11) is -2.13. The number of ether oxygens (including phenoxy) is 1. The van der Waals surface area contributed by atoms with Gasteiger partial charge in [-0.25, -0.2) is 0 Å². The molecule has 0 aromatic rings. The van der Waals surface area contributed by atoms with Crippen LogP contribution in [0.3, 0.4) is 0 Å². The molecule has 0 spiro atoms. The molecule has 2 N–H and O–H groups in total. The van der Waals surface area contributed by atoms with Crippen LogP contribution in [0.5, 0.6) is 0 Å². The van der Waals surface area contributed by atoms with Gasteiger partial charge in [-0.05, 0) is 19.3 Å². The monoisotopic (exact) mass is 308 g/mol. The Bertz CT molecular complexity index is 406. The third kappa shape index (κ3) is 5.01. The van der Waals surface area contributed by atoms with E-state index >= 15 is 0 Å². The summed E-state index contributed by atoms with van der Waals surface area (Å²) in [5, 5.41) is 9.01. The molecular weight excluding hydrogens is 284 g/mol. The molecule has 2 atom stereocenters. The lowest BCUT2D eigenvalue weighted by Crippen LogP contribution is -2.51. The number of aliphatic carboxylic acids is 1. The van der Waals surface area contributed by atoms with Gasteiger partial charge in [0.05, 0.1) is 12.5 Å². The van der Waals surface area contributed by atoms with Crippen molar-refractivity contribution >= 4 is 16.2 Å². The molecule has 1 aliphatic rings. The quantitative estimate of drug-likeness (QED) is 0.678. The lowest BCUT2D eigenvalue weighted by atomic mass is 10.0. The normalized spacial score (nSPS) is 22.6. The summed E-state index contributed by atoms with van der Waals surface area (Å²) in [6.07, 6.45) is 2.62. The molecule has 2 unspecified atom stereocenters. The highest BCUT2D eigenvalue weighted by Gasteiger charge is 2.33. The van der Waals surface area contributed by atoms with Gasteiger partial charge in [0.1, 0.15) is 0 Å². The second kappa shape index (κ2) is 7.92. The van der Waals surface area contributed by atoms with Crippen LogP contribution in [-0.2, 0) is 19.7 Å². The van der Waals surface area contributed by atoms with Crippen molar-refractivity contribution in [3.63, 3.8) is 0 Å². The van der Waals surface area contributed by atoms with Crippen molar-refractivity contribution in [2.24, 2.45) is 5.92 Å². The molecule has 20 heavy (non-hydrogen) atoms. The molecule has 1 aliphatic heterocycles. The lowest BCUT2D eigenvalue weighted by Gasteiger charge is -2.31. The number of carboxylic acids is 1. The molecule has 0 aromatic heterocycles. The minimum absolute atomic E-state index is 0.0382. The molecule has 118 valence electrons. The van der Waals surface area contributed by atoms with E-state index < -0.39 is 22.1 Å². The van der Waals surface area contributed by atoms with Gasteiger partial charge in [-0.1, -0.05) is 13.3 Å². The van der Waals surface area contributed by atoms with Crippen LogP contribution in [0, 0.1) is 5.92 Å². The number of hydrogen-bond donors (Lipinski definition) is 2. The fourth-order valence-electron chi connectivity index (χ4n) is 2.37. The summed E-state index contributed by atoms with van der Waals surface area (Å²) in [6.45, 7) is 2.68. The first-order chi connectivity index (χ1) is 9.40. The Morgan fingerprint density at radius 1 is 1.55 bits per heavy atom. The van der Waals surface area contributed by atoms with Crippen LogP contribution in [0.25, 0.3) is 0 Å². The molecule has 1 saturated heterocycles. The minimum Gasteiger partial charge on any atom is -0.481 e. The second-order valence-corrected chi connectivity index (χ2v) is 6.80. The van der Waals surface area contributed by atoms with Gasteiger partial charge in [0.25, 0.3) is 10.2 Å². The largest absolute Gasteiger partial charge is 0.481 e. The van der Waals surface area contributed by atoms with Gasteiger partial charge in [0, 0.05) is 26.2 Å². The zero-order chi connectivity index (χ0) is 15.2. The summed E-state index contributed by atoms with van der Waals surface area (Å²) < 4.78 is 33.4. The van der Waals surface area contributed by atoms with Crippen LogP contribution in [0.2, 0.25) is 0 Å². The van der Waals surface area contributed by atoms with E-state index in [1.807, 2.05) is 6.92 Å². The van der Waals surface area contributed by atoms with Crippen LogP contribution in [-0.4, -0.2) is 56.6 Å². The first-order valence-corrected chi connectivity index (χ1v) is 8.33. The molecule has 7 nitrogen and oxygen atoms in total. The number of hydrogen-bond acceptors (Lipinski definition) is 4. The topological polar surface area (TPSA) is 95.9 Å². The van der Waals surface area contributed by atoms with Gasteiger partial charge in [0.2, 0.25) is 0 Å². The molecular formula is C12H24N2O5S. The van der Waals surface area contributed by atoms with Crippen LogP contribution >= 0.6 is 0 Å². The molecule has 1 heterocycles. The highest BCUT2D eigenvalue weighted by Crippen LogP contribution is 2.19. The van der Waals surface area contributed by atoms with E-state index in [9.17, 15) is 13.2 Å². The summed E-state index contributed by atoms with van der Waals surface area (Å²) in [6, 6.07) is -0.278. The Morgan fingerprint density at radius 3 is 2.80 bits per heavy atom. The number of carboxylic acid groups (broad SMARTS) is 1. The molecule has 0 saturated carbocycles. The van der Waals surface area contributed by atoms with E-state index in [0.717, 1.165) is 6.42 Å². The fraction of sp³-hybridized carbons (Fsp3) is 0.917. The van der Waals surface area contributed by atoms with Crippen molar-refractivity contribution < 1.29 is 23.1 Å². The van der Waals surface area contributed by atoms with E-state index in [1.54, 1.807) is 0 Å². The Hall–Kier alpha value is -0.700. The predicted molar refractivity (Wildman–Crippen MR) is 74.6 cm³/mol. The standard InChI is InChI=1S/C12H24N2O5S/c1-3-5-11(9-19-2)13-20(17,18)14-7-4-6-10(8-14)12(15)16/h10-11,13H,3-9H2,1-2H3,(H,15,16). The van der Waals surface area contributed by atoms with Crippen molar-refractivity contribution in [3.05, 3.63) is 0 Å². The van der Waals surface area contributed by atoms with Gasteiger partial charge in [0.15, 0.2) is 0 Å².